The molecule has 0 aliphatic carbocycles. The first-order valence-corrected chi connectivity index (χ1v) is 14.9. The van der Waals surface area contributed by atoms with E-state index in [-0.39, 0.29) is 13.2 Å². The van der Waals surface area contributed by atoms with Gasteiger partial charge in [-0.25, -0.2) is 0 Å². The number of ether oxygens (including phenoxy) is 9. The highest BCUT2D eigenvalue weighted by Gasteiger charge is 2.55. The Morgan fingerprint density at radius 3 is 1.53 bits per heavy atom. The van der Waals surface area contributed by atoms with E-state index in [1.165, 1.54) is 27.9 Å². The van der Waals surface area contributed by atoms with Gasteiger partial charge in [-0.05, 0) is 25.0 Å². The maximum Gasteiger partial charge on any atom is 0.303 e. The van der Waals surface area contributed by atoms with E-state index < -0.39 is 79.3 Å². The van der Waals surface area contributed by atoms with Crippen LogP contribution in [-0.2, 0) is 70.2 Å². The molecule has 4 rings (SSSR count). The van der Waals surface area contributed by atoms with E-state index in [4.69, 9.17) is 42.6 Å². The lowest BCUT2D eigenvalue weighted by Crippen LogP contribution is -2.65. The van der Waals surface area contributed by atoms with E-state index in [1.807, 2.05) is 67.6 Å². The molecule has 0 radical (unpaired) electrons. The van der Waals surface area contributed by atoms with Crippen molar-refractivity contribution in [3.63, 3.8) is 0 Å². The second kappa shape index (κ2) is 16.3. The van der Waals surface area contributed by atoms with Gasteiger partial charge in [-0.1, -0.05) is 60.7 Å². The lowest BCUT2D eigenvalue weighted by molar-refractivity contribution is -0.367. The average Bonchev–Trinajstić information content (AvgIpc) is 3.00. The van der Waals surface area contributed by atoms with Crippen LogP contribution in [-0.4, -0.2) is 86.4 Å². The Kier molecular flexibility index (Phi) is 12.5. The van der Waals surface area contributed by atoms with Crippen LogP contribution in [0.15, 0.2) is 60.7 Å². The van der Waals surface area contributed by atoms with E-state index in [2.05, 4.69) is 0 Å². The average molecular weight is 631 g/mol. The van der Waals surface area contributed by atoms with Crippen molar-refractivity contribution in [2.24, 2.45) is 0 Å². The zero-order valence-electron chi connectivity index (χ0n) is 26.4. The van der Waals surface area contributed by atoms with E-state index in [9.17, 15) is 14.4 Å². The summed E-state index contributed by atoms with van der Waals surface area (Å²) < 4.78 is 54.1. The molecule has 10 unspecified atom stereocenters. The lowest BCUT2D eigenvalue weighted by atomic mass is 9.96. The fraction of sp³-hybridized carbons (Fsp3) is 0.545. The van der Waals surface area contributed by atoms with Crippen LogP contribution in [0.1, 0.15) is 45.7 Å². The SMILES string of the molecule is COC1OC(C)C(OCc2ccccc2)C(OCc2ccccc2)C1OC1OC(C)C(OC(C)=O)C(OC(C)=O)C1OC(C)=O. The molecule has 2 heterocycles. The Hall–Kier alpha value is -3.39. The number of rotatable bonds is 12. The lowest BCUT2D eigenvalue weighted by Gasteiger charge is -2.48. The number of hydrogen-bond donors (Lipinski definition) is 0. The van der Waals surface area contributed by atoms with E-state index in [1.54, 1.807) is 6.92 Å². The van der Waals surface area contributed by atoms with Crippen LogP contribution in [0, 0.1) is 0 Å². The molecule has 2 aliphatic heterocycles. The minimum atomic E-state index is -1.32. The molecule has 10 atom stereocenters. The molecule has 2 aromatic rings. The summed E-state index contributed by atoms with van der Waals surface area (Å²) in [5.41, 5.74) is 1.88. The largest absolute Gasteiger partial charge is 0.456 e. The van der Waals surface area contributed by atoms with Crippen molar-refractivity contribution in [1.82, 2.24) is 0 Å². The number of esters is 3. The van der Waals surface area contributed by atoms with Gasteiger partial charge in [0.25, 0.3) is 0 Å². The van der Waals surface area contributed by atoms with Gasteiger partial charge in [-0.15, -0.1) is 0 Å². The molecular weight excluding hydrogens is 588 g/mol. The summed E-state index contributed by atoms with van der Waals surface area (Å²) in [4.78, 5) is 36.4. The Balaban J connectivity index is 1.67. The molecule has 2 aromatic carbocycles. The molecule has 45 heavy (non-hydrogen) atoms. The van der Waals surface area contributed by atoms with Gasteiger partial charge in [0.2, 0.25) is 0 Å². The van der Waals surface area contributed by atoms with Gasteiger partial charge in [-0.3, -0.25) is 14.4 Å². The first kappa shape index (κ1) is 34.5. The molecule has 2 aliphatic rings. The summed E-state index contributed by atoms with van der Waals surface area (Å²) in [6.45, 7) is 7.61. The predicted molar refractivity (Wildman–Crippen MR) is 157 cm³/mol. The van der Waals surface area contributed by atoms with Crippen molar-refractivity contribution in [3.8, 4) is 0 Å². The zero-order chi connectivity index (χ0) is 32.5. The minimum absolute atomic E-state index is 0.222. The molecule has 0 bridgehead atoms. The van der Waals surface area contributed by atoms with Crippen molar-refractivity contribution in [2.75, 3.05) is 7.11 Å². The highest BCUT2D eigenvalue weighted by molar-refractivity contribution is 5.68. The van der Waals surface area contributed by atoms with Crippen molar-refractivity contribution < 1.29 is 57.0 Å². The van der Waals surface area contributed by atoms with Crippen LogP contribution in [0.25, 0.3) is 0 Å². The van der Waals surface area contributed by atoms with Crippen molar-refractivity contribution in [2.45, 2.75) is 109 Å². The summed E-state index contributed by atoms with van der Waals surface area (Å²) in [5, 5.41) is 0. The smallest absolute Gasteiger partial charge is 0.303 e. The minimum Gasteiger partial charge on any atom is -0.456 e. The van der Waals surface area contributed by atoms with Crippen LogP contribution >= 0.6 is 0 Å². The topological polar surface area (TPSA) is 134 Å². The fourth-order valence-corrected chi connectivity index (χ4v) is 5.49. The van der Waals surface area contributed by atoms with Crippen LogP contribution in [0.5, 0.6) is 0 Å². The maximum absolute atomic E-state index is 12.3. The van der Waals surface area contributed by atoms with Crippen LogP contribution in [0.3, 0.4) is 0 Å². The normalized spacial score (nSPS) is 31.5. The number of benzene rings is 2. The summed E-state index contributed by atoms with van der Waals surface area (Å²) >= 11 is 0. The van der Waals surface area contributed by atoms with Crippen LogP contribution in [0.2, 0.25) is 0 Å². The third-order valence-electron chi connectivity index (χ3n) is 7.45. The summed E-state index contributed by atoms with van der Waals surface area (Å²) in [5.74, 6) is -2.00. The molecule has 246 valence electrons. The number of hydrogen-bond acceptors (Lipinski definition) is 12. The third kappa shape index (κ3) is 9.32. The molecule has 0 aromatic heterocycles. The maximum atomic E-state index is 12.3. The van der Waals surface area contributed by atoms with Gasteiger partial charge in [0.1, 0.15) is 18.3 Å². The summed E-state index contributed by atoms with van der Waals surface area (Å²) in [7, 11) is 1.47. The van der Waals surface area contributed by atoms with Gasteiger partial charge in [0.15, 0.2) is 30.9 Å². The zero-order valence-corrected chi connectivity index (χ0v) is 26.4. The first-order chi connectivity index (χ1) is 21.6. The summed E-state index contributed by atoms with van der Waals surface area (Å²) in [6.07, 6.45) is -9.56. The molecular formula is C33H42O12. The van der Waals surface area contributed by atoms with Crippen molar-refractivity contribution >= 4 is 17.9 Å². The molecule has 12 nitrogen and oxygen atoms in total. The third-order valence-corrected chi connectivity index (χ3v) is 7.45. The number of carbonyl (C=O) groups excluding carboxylic acids is 3. The van der Waals surface area contributed by atoms with Gasteiger partial charge >= 0.3 is 17.9 Å². The quantitative estimate of drug-likeness (QED) is 0.251. The first-order valence-electron chi connectivity index (χ1n) is 14.9. The molecule has 12 heteroatoms. The number of methoxy groups -OCH3 is 1. The molecule has 0 amide bonds. The molecule has 2 saturated heterocycles. The van der Waals surface area contributed by atoms with E-state index >= 15 is 0 Å². The molecule has 2 fully saturated rings. The van der Waals surface area contributed by atoms with Gasteiger partial charge in [0.05, 0.1) is 25.4 Å². The number of carbonyl (C=O) groups is 3. The second-order valence-electron chi connectivity index (χ2n) is 11.0. The van der Waals surface area contributed by atoms with Gasteiger partial charge in [-0.2, -0.15) is 0 Å². The Morgan fingerprint density at radius 2 is 1.02 bits per heavy atom. The molecule has 0 N–H and O–H groups in total. The monoisotopic (exact) mass is 630 g/mol. The Labute approximate surface area is 263 Å². The summed E-state index contributed by atoms with van der Waals surface area (Å²) in [6, 6.07) is 19.3. The fourth-order valence-electron chi connectivity index (χ4n) is 5.49. The molecule has 0 spiro atoms. The second-order valence-corrected chi connectivity index (χ2v) is 11.0. The highest BCUT2D eigenvalue weighted by atomic mass is 16.8. The van der Waals surface area contributed by atoms with Gasteiger partial charge in [0, 0.05) is 27.9 Å². The van der Waals surface area contributed by atoms with E-state index in [0.717, 1.165) is 11.1 Å². The van der Waals surface area contributed by atoms with Gasteiger partial charge < -0.3 is 42.6 Å². The standard InChI is InChI=1S/C33H42O12/c1-19-26(38-17-24-13-9-7-10-14-24)28(39-18-25-15-11-8-12-16-25)30(32(37-6)40-19)45-33-31(44-23(5)36)29(43-22(4)35)27(20(2)41-33)42-21(3)34/h7-16,19-20,26-33H,17-18H2,1-6H3. The van der Waals surface area contributed by atoms with Crippen molar-refractivity contribution in [1.29, 1.82) is 0 Å². The molecule has 0 saturated carbocycles. The highest BCUT2D eigenvalue weighted by Crippen LogP contribution is 2.35. The van der Waals surface area contributed by atoms with Crippen LogP contribution in [0.4, 0.5) is 0 Å². The van der Waals surface area contributed by atoms with E-state index in [0.29, 0.717) is 0 Å². The Morgan fingerprint density at radius 1 is 0.578 bits per heavy atom. The predicted octanol–water partition coefficient (Wildman–Crippen LogP) is 3.47. The van der Waals surface area contributed by atoms with Crippen LogP contribution < -0.4 is 0 Å². The Bertz CT molecular complexity index is 1240. The van der Waals surface area contributed by atoms with Crippen molar-refractivity contribution in [3.05, 3.63) is 71.8 Å².